The summed E-state index contributed by atoms with van der Waals surface area (Å²) in [6, 6.07) is 0. The SMILES string of the molecule is CNOC(=O)/C=C/C(=O)OCC(C)CO. The minimum atomic E-state index is -0.690. The van der Waals surface area contributed by atoms with Crippen molar-refractivity contribution in [3.63, 3.8) is 0 Å². The summed E-state index contributed by atoms with van der Waals surface area (Å²) in [5, 5.41) is 8.64. The van der Waals surface area contributed by atoms with Crippen LogP contribution >= 0.6 is 0 Å². The van der Waals surface area contributed by atoms with Gasteiger partial charge in [-0.2, -0.15) is 5.48 Å². The summed E-state index contributed by atoms with van der Waals surface area (Å²) in [4.78, 5) is 26.0. The van der Waals surface area contributed by atoms with Crippen molar-refractivity contribution >= 4 is 11.9 Å². The molecule has 86 valence electrons. The Labute approximate surface area is 87.8 Å². The van der Waals surface area contributed by atoms with Crippen molar-refractivity contribution in [3.8, 4) is 0 Å². The fraction of sp³-hybridized carbons (Fsp3) is 0.556. The minimum absolute atomic E-state index is 0.0568. The van der Waals surface area contributed by atoms with Crippen molar-refractivity contribution < 1.29 is 24.3 Å². The van der Waals surface area contributed by atoms with E-state index in [1.54, 1.807) is 6.92 Å². The lowest BCUT2D eigenvalue weighted by molar-refractivity contribution is -0.145. The molecule has 0 aliphatic heterocycles. The average molecular weight is 217 g/mol. The number of aliphatic hydroxyl groups is 1. The zero-order valence-electron chi connectivity index (χ0n) is 8.73. The molecule has 1 unspecified atom stereocenters. The topological polar surface area (TPSA) is 84.9 Å². The van der Waals surface area contributed by atoms with E-state index in [1.165, 1.54) is 7.05 Å². The van der Waals surface area contributed by atoms with Crippen LogP contribution in [-0.4, -0.2) is 37.3 Å². The molecule has 0 saturated heterocycles. The molecule has 0 radical (unpaired) electrons. The fourth-order valence-electron chi connectivity index (χ4n) is 0.596. The number of hydrogen-bond acceptors (Lipinski definition) is 6. The molecule has 0 heterocycles. The molecule has 0 rings (SSSR count). The number of esters is 1. The maximum absolute atomic E-state index is 11.0. The Morgan fingerprint density at radius 1 is 1.40 bits per heavy atom. The number of hydroxylamine groups is 1. The van der Waals surface area contributed by atoms with Crippen molar-refractivity contribution in [3.05, 3.63) is 12.2 Å². The number of carbonyl (C=O) groups excluding carboxylic acids is 2. The lowest BCUT2D eigenvalue weighted by Gasteiger charge is -2.06. The number of carbonyl (C=O) groups is 2. The summed E-state index contributed by atoms with van der Waals surface area (Å²) >= 11 is 0. The van der Waals surface area contributed by atoms with Crippen LogP contribution in [0.3, 0.4) is 0 Å². The molecule has 0 aromatic rings. The van der Waals surface area contributed by atoms with Gasteiger partial charge in [0.15, 0.2) is 0 Å². The van der Waals surface area contributed by atoms with Crippen LogP contribution in [0.5, 0.6) is 0 Å². The van der Waals surface area contributed by atoms with Gasteiger partial charge in [0.05, 0.1) is 6.61 Å². The van der Waals surface area contributed by atoms with Gasteiger partial charge < -0.3 is 14.7 Å². The minimum Gasteiger partial charge on any atom is -0.462 e. The van der Waals surface area contributed by atoms with Gasteiger partial charge in [0.2, 0.25) is 0 Å². The molecular formula is C9H15NO5. The molecule has 0 amide bonds. The summed E-state index contributed by atoms with van der Waals surface area (Å²) < 4.78 is 4.71. The Bertz CT molecular complexity index is 239. The predicted molar refractivity (Wildman–Crippen MR) is 51.5 cm³/mol. The van der Waals surface area contributed by atoms with Gasteiger partial charge in [-0.15, -0.1) is 0 Å². The van der Waals surface area contributed by atoms with Crippen molar-refractivity contribution in [2.75, 3.05) is 20.3 Å². The van der Waals surface area contributed by atoms with E-state index in [1.807, 2.05) is 0 Å². The maximum Gasteiger partial charge on any atom is 0.349 e. The number of nitrogens with one attached hydrogen (secondary N) is 1. The van der Waals surface area contributed by atoms with Crippen molar-refractivity contribution in [1.82, 2.24) is 5.48 Å². The molecular weight excluding hydrogens is 202 g/mol. The lowest BCUT2D eigenvalue weighted by Crippen LogP contribution is -2.15. The summed E-state index contributed by atoms with van der Waals surface area (Å²) in [5.74, 6) is -1.46. The summed E-state index contributed by atoms with van der Waals surface area (Å²) in [5.41, 5.74) is 2.16. The largest absolute Gasteiger partial charge is 0.462 e. The molecule has 0 aliphatic rings. The highest BCUT2D eigenvalue weighted by Gasteiger charge is 2.04. The second kappa shape index (κ2) is 7.95. The highest BCUT2D eigenvalue weighted by molar-refractivity contribution is 5.91. The fourth-order valence-corrected chi connectivity index (χ4v) is 0.596. The van der Waals surface area contributed by atoms with E-state index in [4.69, 9.17) is 9.84 Å². The molecule has 0 spiro atoms. The second-order valence-corrected chi connectivity index (χ2v) is 2.88. The van der Waals surface area contributed by atoms with Gasteiger partial charge in [-0.05, 0) is 0 Å². The van der Waals surface area contributed by atoms with E-state index in [9.17, 15) is 9.59 Å². The molecule has 0 aromatic heterocycles. The highest BCUT2D eigenvalue weighted by Crippen LogP contribution is 1.94. The van der Waals surface area contributed by atoms with E-state index in [2.05, 4.69) is 10.3 Å². The van der Waals surface area contributed by atoms with Crippen LogP contribution in [0.4, 0.5) is 0 Å². The van der Waals surface area contributed by atoms with Gasteiger partial charge in [0.25, 0.3) is 0 Å². The third-order valence-electron chi connectivity index (χ3n) is 1.38. The van der Waals surface area contributed by atoms with Crippen LogP contribution in [0.25, 0.3) is 0 Å². The van der Waals surface area contributed by atoms with E-state index < -0.39 is 11.9 Å². The first-order chi connectivity index (χ1) is 7.10. The van der Waals surface area contributed by atoms with E-state index in [0.717, 1.165) is 12.2 Å². The summed E-state index contributed by atoms with van der Waals surface area (Å²) in [7, 11) is 1.42. The zero-order valence-corrected chi connectivity index (χ0v) is 8.73. The van der Waals surface area contributed by atoms with Gasteiger partial charge >= 0.3 is 11.9 Å². The molecule has 1 atom stereocenters. The van der Waals surface area contributed by atoms with Crippen LogP contribution in [0.2, 0.25) is 0 Å². The van der Waals surface area contributed by atoms with E-state index in [-0.39, 0.29) is 19.1 Å². The third-order valence-corrected chi connectivity index (χ3v) is 1.38. The Morgan fingerprint density at radius 3 is 2.53 bits per heavy atom. The zero-order chi connectivity index (χ0) is 11.7. The molecule has 0 fully saturated rings. The molecule has 0 aliphatic carbocycles. The number of hydrogen-bond donors (Lipinski definition) is 2. The predicted octanol–water partition coefficient (Wildman–Crippen LogP) is -0.608. The molecule has 2 N–H and O–H groups in total. The monoisotopic (exact) mass is 217 g/mol. The highest BCUT2D eigenvalue weighted by atomic mass is 16.7. The van der Waals surface area contributed by atoms with Crippen molar-refractivity contribution in [1.29, 1.82) is 0 Å². The molecule has 0 aromatic carbocycles. The van der Waals surface area contributed by atoms with Gasteiger partial charge in [-0.3, -0.25) is 0 Å². The molecule has 6 nitrogen and oxygen atoms in total. The van der Waals surface area contributed by atoms with Crippen LogP contribution in [0.15, 0.2) is 12.2 Å². The first kappa shape index (κ1) is 13.6. The third kappa shape index (κ3) is 7.65. The lowest BCUT2D eigenvalue weighted by atomic mass is 10.2. The quantitative estimate of drug-likeness (QED) is 0.351. The Kier molecular flexibility index (Phi) is 7.21. The number of aliphatic hydroxyl groups excluding tert-OH is 1. The van der Waals surface area contributed by atoms with Crippen molar-refractivity contribution in [2.45, 2.75) is 6.92 Å². The smallest absolute Gasteiger partial charge is 0.349 e. The maximum atomic E-state index is 11.0. The molecule has 6 heteroatoms. The number of rotatable bonds is 6. The van der Waals surface area contributed by atoms with Gasteiger partial charge in [0, 0.05) is 31.7 Å². The van der Waals surface area contributed by atoms with Crippen LogP contribution in [0.1, 0.15) is 6.92 Å². The normalized spacial score (nSPS) is 12.5. The standard InChI is InChI=1S/C9H15NO5/c1-7(5-11)6-14-8(12)3-4-9(13)15-10-2/h3-4,7,10-11H,5-6H2,1-2H3/b4-3+. The first-order valence-corrected chi connectivity index (χ1v) is 4.43. The molecule has 15 heavy (non-hydrogen) atoms. The van der Waals surface area contributed by atoms with Gasteiger partial charge in [-0.1, -0.05) is 6.92 Å². The Morgan fingerprint density at radius 2 is 2.00 bits per heavy atom. The summed E-state index contributed by atoms with van der Waals surface area (Å²) in [6.07, 6.45) is 1.91. The Hall–Kier alpha value is -1.40. The Balaban J connectivity index is 3.78. The van der Waals surface area contributed by atoms with E-state index in [0.29, 0.717) is 0 Å². The average Bonchev–Trinajstić information content (AvgIpc) is 2.23. The van der Waals surface area contributed by atoms with E-state index >= 15 is 0 Å². The summed E-state index contributed by atoms with van der Waals surface area (Å²) in [6.45, 7) is 1.78. The van der Waals surface area contributed by atoms with Crippen LogP contribution in [-0.2, 0) is 19.2 Å². The van der Waals surface area contributed by atoms with Crippen LogP contribution < -0.4 is 5.48 Å². The van der Waals surface area contributed by atoms with Crippen molar-refractivity contribution in [2.24, 2.45) is 5.92 Å². The number of ether oxygens (including phenoxy) is 1. The van der Waals surface area contributed by atoms with Gasteiger partial charge in [-0.25, -0.2) is 9.59 Å². The molecule has 0 saturated carbocycles. The first-order valence-electron chi connectivity index (χ1n) is 4.43. The van der Waals surface area contributed by atoms with Crippen LogP contribution in [0, 0.1) is 5.92 Å². The van der Waals surface area contributed by atoms with Gasteiger partial charge in [0.1, 0.15) is 0 Å². The molecule has 0 bridgehead atoms. The second-order valence-electron chi connectivity index (χ2n) is 2.88.